The maximum absolute atomic E-state index is 10.5. The van der Waals surface area contributed by atoms with Gasteiger partial charge in [0.1, 0.15) is 0 Å². The lowest BCUT2D eigenvalue weighted by molar-refractivity contribution is -0.143. The number of rotatable bonds is 1. The first-order chi connectivity index (χ1) is 5.09. The van der Waals surface area contributed by atoms with E-state index in [-0.39, 0.29) is 0 Å². The zero-order valence-corrected chi connectivity index (χ0v) is 6.66. The third-order valence-electron chi connectivity index (χ3n) is 1.05. The van der Waals surface area contributed by atoms with Gasteiger partial charge in [-0.15, -0.1) is 5.10 Å². The molecular weight excluding hydrogens is 146 g/mol. The van der Waals surface area contributed by atoms with Crippen LogP contribution in [0.15, 0.2) is 0 Å². The molecule has 11 heavy (non-hydrogen) atoms. The van der Waals surface area contributed by atoms with Crippen LogP contribution in [0.4, 0.5) is 0 Å². The van der Waals surface area contributed by atoms with E-state index in [2.05, 4.69) is 14.9 Å². The first-order valence-electron chi connectivity index (χ1n) is 3.19. The van der Waals surface area contributed by atoms with Gasteiger partial charge in [-0.3, -0.25) is 0 Å². The van der Waals surface area contributed by atoms with E-state index in [1.54, 1.807) is 13.8 Å². The number of carbonyl (C=O) groups is 1. The molecular formula is C6H9N3O2. The Kier molecular flexibility index (Phi) is 1.89. The maximum Gasteiger partial charge on any atom is 0.332 e. The zero-order chi connectivity index (χ0) is 8.43. The molecule has 1 aromatic heterocycles. The smallest absolute Gasteiger partial charge is 0.318 e. The van der Waals surface area contributed by atoms with Gasteiger partial charge in [0.05, 0.1) is 0 Å². The van der Waals surface area contributed by atoms with Crippen LogP contribution in [0.3, 0.4) is 0 Å². The Morgan fingerprint density at radius 2 is 2.18 bits per heavy atom. The monoisotopic (exact) mass is 155 g/mol. The lowest BCUT2D eigenvalue weighted by Crippen LogP contribution is -2.19. The number of aromatic nitrogens is 3. The Bertz CT molecular complexity index is 279. The van der Waals surface area contributed by atoms with Crippen LogP contribution in [0.5, 0.6) is 0 Å². The van der Waals surface area contributed by atoms with E-state index in [9.17, 15) is 4.79 Å². The number of carbonyl (C=O) groups excluding carboxylic acids is 1. The predicted molar refractivity (Wildman–Crippen MR) is 36.8 cm³/mol. The van der Waals surface area contributed by atoms with Crippen molar-refractivity contribution in [3.05, 3.63) is 11.6 Å². The van der Waals surface area contributed by atoms with Crippen LogP contribution < -0.4 is 4.84 Å². The summed E-state index contributed by atoms with van der Waals surface area (Å²) in [5, 5.41) is 3.81. The summed E-state index contributed by atoms with van der Waals surface area (Å²) < 4.78 is 0. The normalized spacial score (nSPS) is 9.73. The van der Waals surface area contributed by atoms with Crippen LogP contribution >= 0.6 is 0 Å². The van der Waals surface area contributed by atoms with Gasteiger partial charge < -0.3 is 4.84 Å². The van der Waals surface area contributed by atoms with Crippen molar-refractivity contribution in [1.29, 1.82) is 0 Å². The van der Waals surface area contributed by atoms with Gasteiger partial charge in [-0.05, 0) is 13.8 Å². The summed E-state index contributed by atoms with van der Waals surface area (Å²) in [6, 6.07) is 0. The van der Waals surface area contributed by atoms with Crippen molar-refractivity contribution in [3.8, 4) is 0 Å². The summed E-state index contributed by atoms with van der Waals surface area (Å²) >= 11 is 0. The van der Waals surface area contributed by atoms with Crippen LogP contribution in [0.1, 0.15) is 18.6 Å². The molecule has 5 nitrogen and oxygen atoms in total. The molecule has 0 radical (unpaired) electrons. The van der Waals surface area contributed by atoms with Crippen molar-refractivity contribution in [2.24, 2.45) is 0 Å². The molecule has 0 spiro atoms. The van der Waals surface area contributed by atoms with Crippen molar-refractivity contribution in [2.75, 3.05) is 0 Å². The molecule has 0 amide bonds. The van der Waals surface area contributed by atoms with Crippen LogP contribution in [-0.2, 0) is 4.79 Å². The second-order valence-corrected chi connectivity index (χ2v) is 2.16. The topological polar surface area (TPSA) is 57.0 Å². The Labute approximate surface area is 63.9 Å². The van der Waals surface area contributed by atoms with Crippen molar-refractivity contribution >= 4 is 5.97 Å². The van der Waals surface area contributed by atoms with E-state index in [1.807, 2.05) is 0 Å². The molecule has 1 heterocycles. The Balaban J connectivity index is 2.85. The zero-order valence-electron chi connectivity index (χ0n) is 6.66. The van der Waals surface area contributed by atoms with Crippen LogP contribution in [0.2, 0.25) is 0 Å². The third kappa shape index (κ3) is 1.76. The molecule has 0 atom stereocenters. The SMILES string of the molecule is CC(=O)On1nc(C)nc1C. The van der Waals surface area contributed by atoms with Gasteiger partial charge in [0.2, 0.25) is 0 Å². The Hall–Kier alpha value is -1.39. The molecule has 0 N–H and O–H groups in total. The van der Waals surface area contributed by atoms with Gasteiger partial charge in [-0.25, -0.2) is 9.78 Å². The van der Waals surface area contributed by atoms with Crippen LogP contribution in [-0.4, -0.2) is 20.9 Å². The molecule has 0 aliphatic rings. The predicted octanol–water partition coefficient (Wildman–Crippen LogP) is -0.130. The standard InChI is InChI=1S/C6H9N3O2/c1-4-7-5(2)9(8-4)11-6(3)10/h1-3H3. The Morgan fingerprint density at radius 3 is 2.55 bits per heavy atom. The van der Waals surface area contributed by atoms with Gasteiger partial charge in [0.25, 0.3) is 0 Å². The van der Waals surface area contributed by atoms with Crippen molar-refractivity contribution < 1.29 is 9.63 Å². The molecule has 0 bridgehead atoms. The van der Waals surface area contributed by atoms with E-state index in [0.29, 0.717) is 11.6 Å². The highest BCUT2D eigenvalue weighted by Crippen LogP contribution is 1.92. The summed E-state index contributed by atoms with van der Waals surface area (Å²) in [7, 11) is 0. The Morgan fingerprint density at radius 1 is 1.55 bits per heavy atom. The van der Waals surface area contributed by atoms with Gasteiger partial charge in [-0.1, -0.05) is 4.85 Å². The first-order valence-corrected chi connectivity index (χ1v) is 3.19. The van der Waals surface area contributed by atoms with Crippen molar-refractivity contribution in [2.45, 2.75) is 20.8 Å². The number of aryl methyl sites for hydroxylation is 2. The van der Waals surface area contributed by atoms with Crippen molar-refractivity contribution in [1.82, 2.24) is 14.9 Å². The highest BCUT2D eigenvalue weighted by atomic mass is 16.7. The number of hydrogen-bond donors (Lipinski definition) is 0. The minimum atomic E-state index is -0.405. The molecule has 0 saturated carbocycles. The molecule has 0 unspecified atom stereocenters. The van der Waals surface area contributed by atoms with Crippen LogP contribution in [0.25, 0.3) is 0 Å². The quantitative estimate of drug-likeness (QED) is 0.566. The highest BCUT2D eigenvalue weighted by molar-refractivity contribution is 5.66. The molecule has 5 heteroatoms. The fourth-order valence-electron chi connectivity index (χ4n) is 0.711. The average molecular weight is 155 g/mol. The minimum absolute atomic E-state index is 0.405. The van der Waals surface area contributed by atoms with E-state index >= 15 is 0 Å². The van der Waals surface area contributed by atoms with Gasteiger partial charge in [0, 0.05) is 6.92 Å². The highest BCUT2D eigenvalue weighted by Gasteiger charge is 2.04. The molecule has 0 aliphatic heterocycles. The summed E-state index contributed by atoms with van der Waals surface area (Å²) in [5.74, 6) is 0.749. The fourth-order valence-corrected chi connectivity index (χ4v) is 0.711. The average Bonchev–Trinajstić information content (AvgIpc) is 2.09. The molecule has 0 aliphatic carbocycles. The summed E-state index contributed by atoms with van der Waals surface area (Å²) in [6.07, 6.45) is 0. The molecule has 1 aromatic rings. The number of hydrogen-bond acceptors (Lipinski definition) is 4. The number of nitrogens with zero attached hydrogens (tertiary/aromatic N) is 3. The maximum atomic E-state index is 10.5. The molecule has 0 fully saturated rings. The second kappa shape index (κ2) is 2.69. The van der Waals surface area contributed by atoms with Crippen LogP contribution in [0, 0.1) is 13.8 Å². The van der Waals surface area contributed by atoms with Crippen molar-refractivity contribution in [3.63, 3.8) is 0 Å². The summed E-state index contributed by atoms with van der Waals surface area (Å²) in [5.41, 5.74) is 0. The largest absolute Gasteiger partial charge is 0.332 e. The first kappa shape index (κ1) is 7.71. The van der Waals surface area contributed by atoms with E-state index in [0.717, 1.165) is 4.85 Å². The summed E-state index contributed by atoms with van der Waals surface area (Å²) in [4.78, 5) is 20.2. The summed E-state index contributed by atoms with van der Waals surface area (Å²) in [6.45, 7) is 4.76. The second-order valence-electron chi connectivity index (χ2n) is 2.16. The molecule has 0 aromatic carbocycles. The fraction of sp³-hybridized carbons (Fsp3) is 0.500. The van der Waals surface area contributed by atoms with Gasteiger partial charge >= 0.3 is 5.97 Å². The molecule has 60 valence electrons. The minimum Gasteiger partial charge on any atom is -0.318 e. The van der Waals surface area contributed by atoms with E-state index in [4.69, 9.17) is 0 Å². The van der Waals surface area contributed by atoms with Gasteiger partial charge in [0.15, 0.2) is 11.6 Å². The molecule has 0 saturated heterocycles. The van der Waals surface area contributed by atoms with E-state index in [1.165, 1.54) is 6.92 Å². The lowest BCUT2D eigenvalue weighted by Gasteiger charge is -1.98. The molecule has 1 rings (SSSR count). The third-order valence-corrected chi connectivity index (χ3v) is 1.05. The van der Waals surface area contributed by atoms with Gasteiger partial charge in [-0.2, -0.15) is 0 Å². The lowest BCUT2D eigenvalue weighted by atomic mass is 10.7. The van der Waals surface area contributed by atoms with E-state index < -0.39 is 5.97 Å².